The normalized spacial score (nSPS) is 23.6. The molecular formula is C28H34ClN5O4. The number of methoxy groups -OCH3 is 1. The molecular weight excluding hydrogens is 506 g/mol. The number of ether oxygens (including phenoxy) is 1. The number of likely N-dealkylation sites (tertiary alicyclic amines) is 1. The van der Waals surface area contributed by atoms with Gasteiger partial charge in [0.2, 0.25) is 11.8 Å². The van der Waals surface area contributed by atoms with Gasteiger partial charge >= 0.3 is 0 Å². The molecule has 1 aromatic carbocycles. The molecule has 38 heavy (non-hydrogen) atoms. The van der Waals surface area contributed by atoms with E-state index in [0.29, 0.717) is 53.3 Å². The molecule has 9 nitrogen and oxygen atoms in total. The van der Waals surface area contributed by atoms with E-state index in [4.69, 9.17) is 16.3 Å². The van der Waals surface area contributed by atoms with Crippen molar-refractivity contribution >= 4 is 40.2 Å². The first-order valence-electron chi connectivity index (χ1n) is 13.5. The summed E-state index contributed by atoms with van der Waals surface area (Å²) in [7, 11) is 1.56. The van der Waals surface area contributed by atoms with Gasteiger partial charge in [0.15, 0.2) is 0 Å². The molecule has 2 unspecified atom stereocenters. The summed E-state index contributed by atoms with van der Waals surface area (Å²) < 4.78 is 5.45. The molecule has 1 spiro atoms. The van der Waals surface area contributed by atoms with Gasteiger partial charge < -0.3 is 25.3 Å². The number of fused-ring (bicyclic) bond motifs is 1. The largest absolute Gasteiger partial charge is 0.496 e. The van der Waals surface area contributed by atoms with Crippen LogP contribution in [0.5, 0.6) is 5.75 Å². The topological polar surface area (TPSA) is 127 Å². The number of halogens is 1. The number of rotatable bonds is 6. The minimum Gasteiger partial charge on any atom is -0.496 e. The maximum atomic E-state index is 13.9. The van der Waals surface area contributed by atoms with Crippen molar-refractivity contribution in [1.82, 2.24) is 20.5 Å². The fourth-order valence-corrected chi connectivity index (χ4v) is 6.74. The molecule has 1 aliphatic carbocycles. The third-order valence-electron chi connectivity index (χ3n) is 8.53. The zero-order chi connectivity index (χ0) is 26.9. The number of carbonyl (C=O) groups is 3. The Balaban J connectivity index is 1.39. The molecule has 3 amide bonds. The Labute approximate surface area is 227 Å². The van der Waals surface area contributed by atoms with Gasteiger partial charge in [0.1, 0.15) is 23.5 Å². The quantitative estimate of drug-likeness (QED) is 0.512. The zero-order valence-electron chi connectivity index (χ0n) is 21.6. The molecule has 202 valence electrons. The fourth-order valence-electron chi connectivity index (χ4n) is 6.53. The van der Waals surface area contributed by atoms with Crippen LogP contribution in [0.1, 0.15) is 68.3 Å². The van der Waals surface area contributed by atoms with E-state index in [9.17, 15) is 19.6 Å². The zero-order valence-corrected chi connectivity index (χ0v) is 22.4. The Hall–Kier alpha value is -3.25. The van der Waals surface area contributed by atoms with Gasteiger partial charge in [0.05, 0.1) is 23.7 Å². The van der Waals surface area contributed by atoms with Gasteiger partial charge in [0.25, 0.3) is 5.91 Å². The van der Waals surface area contributed by atoms with Gasteiger partial charge in [-0.2, -0.15) is 5.26 Å². The number of H-pyrrole nitrogens is 1. The van der Waals surface area contributed by atoms with Crippen LogP contribution in [-0.4, -0.2) is 59.9 Å². The average Bonchev–Trinajstić information content (AvgIpc) is 3.53. The highest BCUT2D eigenvalue weighted by Crippen LogP contribution is 2.47. The molecule has 3 N–H and O–H groups in total. The monoisotopic (exact) mass is 539 g/mol. The van der Waals surface area contributed by atoms with Crippen molar-refractivity contribution in [1.29, 1.82) is 5.26 Å². The number of hydrogen-bond donors (Lipinski definition) is 3. The molecule has 3 fully saturated rings. The van der Waals surface area contributed by atoms with Crippen LogP contribution in [0.25, 0.3) is 10.9 Å². The molecule has 10 heteroatoms. The molecule has 1 saturated carbocycles. The van der Waals surface area contributed by atoms with Gasteiger partial charge in [-0.25, -0.2) is 0 Å². The molecule has 3 atom stereocenters. The second kappa shape index (κ2) is 10.9. The van der Waals surface area contributed by atoms with Crippen LogP contribution < -0.4 is 15.4 Å². The molecule has 2 aliphatic heterocycles. The summed E-state index contributed by atoms with van der Waals surface area (Å²) in [5, 5.41) is 16.7. The lowest BCUT2D eigenvalue weighted by Gasteiger charge is -2.32. The maximum absolute atomic E-state index is 13.9. The SMILES string of the molecule is COc1ccc(Cl)c2[nH]c(C(=O)N3CC4(CCCCC4)CC3C(=O)NC(C#N)C[C@@H]3CCCNC3=O)cc12. The van der Waals surface area contributed by atoms with Crippen LogP contribution in [0.3, 0.4) is 0 Å². The number of nitriles is 1. The number of nitrogens with one attached hydrogen (secondary N) is 3. The summed E-state index contributed by atoms with van der Waals surface area (Å²) in [5.74, 6) is -0.386. The van der Waals surface area contributed by atoms with Crippen LogP contribution in [0.4, 0.5) is 0 Å². The Morgan fingerprint density at radius 1 is 1.29 bits per heavy atom. The molecule has 0 bridgehead atoms. The average molecular weight is 540 g/mol. The van der Waals surface area contributed by atoms with Gasteiger partial charge in [-0.3, -0.25) is 14.4 Å². The van der Waals surface area contributed by atoms with E-state index >= 15 is 0 Å². The van der Waals surface area contributed by atoms with Crippen LogP contribution >= 0.6 is 11.6 Å². The third kappa shape index (κ3) is 5.06. The van der Waals surface area contributed by atoms with Crippen molar-refractivity contribution in [2.45, 2.75) is 69.9 Å². The lowest BCUT2D eigenvalue weighted by atomic mass is 9.72. The van der Waals surface area contributed by atoms with Crippen molar-refractivity contribution in [3.8, 4) is 11.8 Å². The van der Waals surface area contributed by atoms with E-state index in [1.54, 1.807) is 30.2 Å². The van der Waals surface area contributed by atoms with Crippen molar-refractivity contribution in [2.75, 3.05) is 20.2 Å². The molecule has 3 heterocycles. The number of nitrogens with zero attached hydrogens (tertiary/aromatic N) is 2. The second-order valence-electron chi connectivity index (χ2n) is 11.0. The standard InChI is InChI=1S/C28H34ClN5O4/c1-38-23-8-7-20(29)24-19(23)13-21(33-24)27(37)34-16-28(9-3-2-4-10-28)14-22(34)26(36)32-18(15-30)12-17-6-5-11-31-25(17)35/h7-8,13,17-18,22,33H,2-6,9-12,14,16H2,1H3,(H,31,35)(H,32,36)/t17-,18?,22?/m0/s1. The number of carbonyl (C=O) groups excluding carboxylic acids is 3. The van der Waals surface area contributed by atoms with E-state index in [0.717, 1.165) is 38.5 Å². The maximum Gasteiger partial charge on any atom is 0.271 e. The Kier molecular flexibility index (Phi) is 7.53. The minimum atomic E-state index is -0.799. The van der Waals surface area contributed by atoms with E-state index in [1.807, 2.05) is 0 Å². The number of piperidine rings is 1. The van der Waals surface area contributed by atoms with Crippen LogP contribution in [0.15, 0.2) is 18.2 Å². The lowest BCUT2D eigenvalue weighted by molar-refractivity contribution is -0.128. The summed E-state index contributed by atoms with van der Waals surface area (Å²) in [4.78, 5) is 44.6. The van der Waals surface area contributed by atoms with Crippen molar-refractivity contribution < 1.29 is 19.1 Å². The smallest absolute Gasteiger partial charge is 0.271 e. The summed E-state index contributed by atoms with van der Waals surface area (Å²) in [6.45, 7) is 1.14. The molecule has 0 radical (unpaired) electrons. The van der Waals surface area contributed by atoms with E-state index in [2.05, 4.69) is 21.7 Å². The number of aromatic amines is 1. The molecule has 2 saturated heterocycles. The van der Waals surface area contributed by atoms with Crippen LogP contribution in [0.2, 0.25) is 5.02 Å². The van der Waals surface area contributed by atoms with Gasteiger partial charge in [-0.1, -0.05) is 30.9 Å². The highest BCUT2D eigenvalue weighted by molar-refractivity contribution is 6.35. The first kappa shape index (κ1) is 26.4. The first-order chi connectivity index (χ1) is 18.3. The van der Waals surface area contributed by atoms with Gasteiger partial charge in [-0.15, -0.1) is 0 Å². The van der Waals surface area contributed by atoms with Gasteiger partial charge in [-0.05, 0) is 62.1 Å². The molecule has 2 aromatic rings. The summed E-state index contributed by atoms with van der Waals surface area (Å²) in [5.41, 5.74) is 0.841. The molecule has 1 aromatic heterocycles. The Morgan fingerprint density at radius 3 is 2.79 bits per heavy atom. The van der Waals surface area contributed by atoms with E-state index < -0.39 is 12.1 Å². The van der Waals surface area contributed by atoms with Gasteiger partial charge in [0, 0.05) is 24.4 Å². The number of hydrogen-bond acceptors (Lipinski definition) is 5. The Bertz CT molecular complexity index is 1280. The minimum absolute atomic E-state index is 0.0718. The van der Waals surface area contributed by atoms with Crippen LogP contribution in [-0.2, 0) is 9.59 Å². The molecule has 3 aliphatic rings. The first-order valence-corrected chi connectivity index (χ1v) is 13.9. The number of benzene rings is 1. The second-order valence-corrected chi connectivity index (χ2v) is 11.4. The van der Waals surface area contributed by atoms with Crippen molar-refractivity contribution in [3.05, 3.63) is 28.9 Å². The predicted molar refractivity (Wildman–Crippen MR) is 143 cm³/mol. The summed E-state index contributed by atoms with van der Waals surface area (Å²) >= 11 is 6.39. The highest BCUT2D eigenvalue weighted by atomic mass is 35.5. The Morgan fingerprint density at radius 2 is 2.08 bits per heavy atom. The van der Waals surface area contributed by atoms with Crippen molar-refractivity contribution in [2.24, 2.45) is 11.3 Å². The molecule has 5 rings (SSSR count). The predicted octanol–water partition coefficient (Wildman–Crippen LogP) is 3.92. The highest BCUT2D eigenvalue weighted by Gasteiger charge is 2.49. The number of amides is 3. The third-order valence-corrected chi connectivity index (χ3v) is 8.85. The number of aromatic nitrogens is 1. The summed E-state index contributed by atoms with van der Waals surface area (Å²) in [6.07, 6.45) is 7.64. The lowest BCUT2D eigenvalue weighted by Crippen LogP contribution is -2.49. The summed E-state index contributed by atoms with van der Waals surface area (Å²) in [6, 6.07) is 5.86. The van der Waals surface area contributed by atoms with Crippen molar-refractivity contribution in [3.63, 3.8) is 0 Å². The van der Waals surface area contributed by atoms with E-state index in [1.165, 1.54) is 0 Å². The fraction of sp³-hybridized carbons (Fsp3) is 0.571. The van der Waals surface area contributed by atoms with E-state index in [-0.39, 0.29) is 35.5 Å². The van der Waals surface area contributed by atoms with Crippen LogP contribution in [0, 0.1) is 22.7 Å².